The molecule has 2 aromatic rings. The number of nitrogens with zero attached hydrogens (tertiary/aromatic N) is 8. The largest absolute Gasteiger partial charge is 0.497 e. The van der Waals surface area contributed by atoms with Crippen molar-refractivity contribution in [2.75, 3.05) is 83.6 Å². The summed E-state index contributed by atoms with van der Waals surface area (Å²) in [5.74, 6) is 2.85. The molecule has 0 bridgehead atoms. The number of aliphatic imine (C=N–C) groups is 3. The van der Waals surface area contributed by atoms with Crippen LogP contribution in [0.25, 0.3) is 11.4 Å². The first-order valence-electron chi connectivity index (χ1n) is 13.2. The molecule has 1 aliphatic rings. The molecule has 13 heteroatoms. The van der Waals surface area contributed by atoms with Crippen LogP contribution in [-0.4, -0.2) is 120 Å². The van der Waals surface area contributed by atoms with Crippen molar-refractivity contribution < 1.29 is 19.5 Å². The first-order valence-corrected chi connectivity index (χ1v) is 13.2. The van der Waals surface area contributed by atoms with Gasteiger partial charge in [-0.2, -0.15) is 0 Å². The van der Waals surface area contributed by atoms with E-state index in [-0.39, 0.29) is 0 Å². The van der Waals surface area contributed by atoms with Gasteiger partial charge in [0, 0.05) is 57.7 Å². The molecular formula is C28H41N9O4. The van der Waals surface area contributed by atoms with E-state index in [0.717, 1.165) is 22.9 Å². The molecule has 1 aromatic heterocycles. The average molecular weight is 568 g/mol. The molecule has 1 saturated heterocycles. The van der Waals surface area contributed by atoms with E-state index in [1.54, 1.807) is 12.6 Å². The normalized spacial score (nSPS) is 13.5. The van der Waals surface area contributed by atoms with Crippen LogP contribution < -0.4 is 20.0 Å². The molecule has 2 N–H and O–H groups in total. The smallest absolute Gasteiger partial charge is 0.164 e. The number of benzene rings is 1. The Labute approximate surface area is 241 Å². The van der Waals surface area contributed by atoms with Crippen molar-refractivity contribution >= 4 is 43.3 Å². The quantitative estimate of drug-likeness (QED) is 0.151. The summed E-state index contributed by atoms with van der Waals surface area (Å²) in [7, 11) is 5.04. The number of hydrogen-bond acceptors (Lipinski definition) is 13. The average Bonchev–Trinajstić information content (AvgIpc) is 3.01. The maximum Gasteiger partial charge on any atom is 0.164 e. The fourth-order valence-corrected chi connectivity index (χ4v) is 3.92. The molecular weight excluding hydrogens is 526 g/mol. The van der Waals surface area contributed by atoms with E-state index in [4.69, 9.17) is 24.6 Å². The Bertz CT molecular complexity index is 1170. The highest BCUT2D eigenvalue weighted by atomic mass is 16.5. The Hall–Kier alpha value is -4.04. The van der Waals surface area contributed by atoms with Gasteiger partial charge in [0.25, 0.3) is 0 Å². The van der Waals surface area contributed by atoms with Gasteiger partial charge >= 0.3 is 0 Å². The van der Waals surface area contributed by atoms with Gasteiger partial charge in [0.05, 0.1) is 32.6 Å². The summed E-state index contributed by atoms with van der Waals surface area (Å²) in [6.07, 6.45) is 3.57. The first-order chi connectivity index (χ1) is 20.0. The van der Waals surface area contributed by atoms with Gasteiger partial charge in [0.2, 0.25) is 0 Å². The van der Waals surface area contributed by atoms with Crippen LogP contribution in [0.15, 0.2) is 51.0 Å². The topological polar surface area (TPSA) is 140 Å². The van der Waals surface area contributed by atoms with Gasteiger partial charge in [0.1, 0.15) is 11.4 Å². The SMILES string of the molecule is C=N/C=C(C=O)\C=N/CN(C)CCN(CC)c1nc(-c2ccc(OC)cc2)nc(N2CCOCC2)c1N=C.CNO. The molecule has 3 rings (SSSR count). The van der Waals surface area contributed by atoms with Gasteiger partial charge in [-0.25, -0.2) is 15.4 Å². The standard InChI is InChI=1S/C27H36N8O3.CH5NO/c1-6-34(12-11-33(4)20-30-18-21(19-36)17-28-2)26-24(29-3)27(35-13-15-38-16-14-35)32-25(31-26)22-7-9-23(37-5)10-8-22;1-2-3/h7-10,17-19H,2-3,6,11-16,20H2,1,4-5H3;2-3H,1H3/b21-17+,30-18-;. The number of morpholine rings is 1. The molecule has 0 radical (unpaired) electrons. The fourth-order valence-electron chi connectivity index (χ4n) is 3.92. The highest BCUT2D eigenvalue weighted by molar-refractivity contribution is 6.01. The summed E-state index contributed by atoms with van der Waals surface area (Å²) in [6.45, 7) is 14.5. The maximum atomic E-state index is 11.0. The van der Waals surface area contributed by atoms with E-state index in [9.17, 15) is 4.79 Å². The van der Waals surface area contributed by atoms with Gasteiger partial charge in [-0.1, -0.05) is 0 Å². The molecule has 0 atom stereocenters. The van der Waals surface area contributed by atoms with Crippen LogP contribution in [0.1, 0.15) is 6.92 Å². The number of methoxy groups -OCH3 is 1. The Morgan fingerprint density at radius 2 is 1.90 bits per heavy atom. The van der Waals surface area contributed by atoms with Gasteiger partial charge in [-0.15, -0.1) is 0 Å². The molecule has 2 heterocycles. The van der Waals surface area contributed by atoms with E-state index in [1.807, 2.05) is 31.3 Å². The molecule has 41 heavy (non-hydrogen) atoms. The Kier molecular flexibility index (Phi) is 14.8. The monoisotopic (exact) mass is 567 g/mol. The van der Waals surface area contributed by atoms with Crippen molar-refractivity contribution in [3.63, 3.8) is 0 Å². The van der Waals surface area contributed by atoms with Crippen LogP contribution in [0.5, 0.6) is 5.75 Å². The Morgan fingerprint density at radius 3 is 2.46 bits per heavy atom. The Morgan fingerprint density at radius 1 is 1.22 bits per heavy atom. The highest BCUT2D eigenvalue weighted by Gasteiger charge is 2.24. The number of carbonyl (C=O) groups excluding carboxylic acids is 1. The van der Waals surface area contributed by atoms with Crippen LogP contribution in [0.3, 0.4) is 0 Å². The summed E-state index contributed by atoms with van der Waals surface area (Å²) in [6, 6.07) is 7.70. The third-order valence-corrected chi connectivity index (χ3v) is 6.04. The lowest BCUT2D eigenvalue weighted by Crippen LogP contribution is -2.38. The summed E-state index contributed by atoms with van der Waals surface area (Å²) in [4.78, 5) is 39.6. The first kappa shape index (κ1) is 33.2. The van der Waals surface area contributed by atoms with Gasteiger partial charge < -0.3 is 24.5 Å². The molecule has 0 unspecified atom stereocenters. The van der Waals surface area contributed by atoms with E-state index in [1.165, 1.54) is 19.5 Å². The van der Waals surface area contributed by atoms with Crippen molar-refractivity contribution in [3.05, 3.63) is 36.0 Å². The molecule has 1 aromatic carbocycles. The number of aldehydes is 1. The number of anilines is 2. The third-order valence-electron chi connectivity index (χ3n) is 6.04. The number of rotatable bonds is 14. The van der Waals surface area contributed by atoms with Crippen molar-refractivity contribution in [1.82, 2.24) is 20.3 Å². The molecule has 0 amide bonds. The number of hydrogen-bond donors (Lipinski definition) is 2. The summed E-state index contributed by atoms with van der Waals surface area (Å²) in [5.41, 5.74) is 3.66. The fraction of sp³-hybridized carbons (Fsp3) is 0.429. The molecule has 222 valence electrons. The van der Waals surface area contributed by atoms with Gasteiger partial charge in [0.15, 0.2) is 23.7 Å². The summed E-state index contributed by atoms with van der Waals surface area (Å²) >= 11 is 0. The predicted molar refractivity (Wildman–Crippen MR) is 165 cm³/mol. The molecule has 0 aliphatic carbocycles. The second kappa shape index (κ2) is 18.3. The molecule has 1 aliphatic heterocycles. The predicted octanol–water partition coefficient (Wildman–Crippen LogP) is 2.49. The molecule has 0 spiro atoms. The van der Waals surface area contributed by atoms with E-state index in [0.29, 0.717) is 76.0 Å². The number of hydroxylamine groups is 1. The lowest BCUT2D eigenvalue weighted by molar-refractivity contribution is -0.104. The maximum absolute atomic E-state index is 11.0. The van der Waals surface area contributed by atoms with Crippen molar-refractivity contribution in [1.29, 1.82) is 0 Å². The van der Waals surface area contributed by atoms with Crippen molar-refractivity contribution in [2.24, 2.45) is 15.0 Å². The summed E-state index contributed by atoms with van der Waals surface area (Å²) in [5, 5.41) is 7.32. The number of nitrogens with one attached hydrogen (secondary N) is 1. The van der Waals surface area contributed by atoms with E-state index in [2.05, 4.69) is 50.0 Å². The van der Waals surface area contributed by atoms with Gasteiger partial charge in [-0.05, 0) is 51.7 Å². The Balaban J connectivity index is 0.00000187. The van der Waals surface area contributed by atoms with Crippen LogP contribution in [-0.2, 0) is 9.53 Å². The number of aromatic nitrogens is 2. The minimum atomic E-state index is 0.368. The van der Waals surface area contributed by atoms with Crippen LogP contribution >= 0.6 is 0 Å². The van der Waals surface area contributed by atoms with E-state index < -0.39 is 0 Å². The van der Waals surface area contributed by atoms with Crippen molar-refractivity contribution in [2.45, 2.75) is 6.92 Å². The number of allylic oxidation sites excluding steroid dienone is 1. The zero-order chi connectivity index (χ0) is 30.0. The number of carbonyl (C=O) groups is 1. The zero-order valence-corrected chi connectivity index (χ0v) is 24.4. The van der Waals surface area contributed by atoms with E-state index >= 15 is 0 Å². The second-order valence-electron chi connectivity index (χ2n) is 8.79. The molecule has 1 fully saturated rings. The number of ether oxygens (including phenoxy) is 2. The molecule has 0 saturated carbocycles. The summed E-state index contributed by atoms with van der Waals surface area (Å²) < 4.78 is 10.9. The third kappa shape index (κ3) is 10.1. The minimum Gasteiger partial charge on any atom is -0.497 e. The van der Waals surface area contributed by atoms with Crippen LogP contribution in [0.4, 0.5) is 17.3 Å². The van der Waals surface area contributed by atoms with Crippen LogP contribution in [0, 0.1) is 0 Å². The number of likely N-dealkylation sites (N-methyl/N-ethyl adjacent to an activating group) is 2. The minimum absolute atomic E-state index is 0.368. The van der Waals surface area contributed by atoms with Crippen molar-refractivity contribution in [3.8, 4) is 17.1 Å². The second-order valence-corrected chi connectivity index (χ2v) is 8.79. The lowest BCUT2D eigenvalue weighted by Gasteiger charge is -2.31. The zero-order valence-electron chi connectivity index (χ0n) is 24.4. The van der Waals surface area contributed by atoms with Crippen LogP contribution in [0.2, 0.25) is 0 Å². The highest BCUT2D eigenvalue weighted by Crippen LogP contribution is 2.38. The molecule has 13 nitrogen and oxygen atoms in total. The lowest BCUT2D eigenvalue weighted by atomic mass is 10.2. The van der Waals surface area contributed by atoms with Gasteiger partial charge in [-0.3, -0.25) is 24.7 Å².